The van der Waals surface area contributed by atoms with E-state index in [1.54, 1.807) is 0 Å². The largest absolute Gasteiger partial charge is 0.481 e. The van der Waals surface area contributed by atoms with Gasteiger partial charge in [0.15, 0.2) is 0 Å². The quantitative estimate of drug-likeness (QED) is 0.629. The van der Waals surface area contributed by atoms with Crippen LogP contribution in [0.4, 0.5) is 0 Å². The lowest BCUT2D eigenvalue weighted by Crippen LogP contribution is -2.45. The Bertz CT molecular complexity index is 172. The average molecular weight is 174 g/mol. The Kier molecular flexibility index (Phi) is 2.69. The number of hydrogen-bond acceptors (Lipinski definition) is 3. The zero-order chi connectivity index (χ0) is 9.19. The van der Waals surface area contributed by atoms with Crippen LogP contribution < -0.4 is 0 Å². The van der Waals surface area contributed by atoms with Crippen LogP contribution in [-0.2, 0) is 9.53 Å². The second-order valence-electron chi connectivity index (χ2n) is 3.28. The van der Waals surface area contributed by atoms with Crippen molar-refractivity contribution in [2.45, 2.75) is 25.4 Å². The minimum atomic E-state index is -1.07. The number of ether oxygens (including phenoxy) is 1. The summed E-state index contributed by atoms with van der Waals surface area (Å²) < 4.78 is 5.04. The molecule has 1 unspecified atom stereocenters. The van der Waals surface area contributed by atoms with Crippen LogP contribution in [0.2, 0.25) is 0 Å². The molecular formula is C8H14O4. The molecule has 0 saturated carbocycles. The lowest BCUT2D eigenvalue weighted by Gasteiger charge is -2.34. The molecule has 0 spiro atoms. The molecule has 0 amide bonds. The van der Waals surface area contributed by atoms with Gasteiger partial charge in [-0.2, -0.15) is 0 Å². The molecule has 0 radical (unpaired) electrons. The van der Waals surface area contributed by atoms with Crippen molar-refractivity contribution in [3.63, 3.8) is 0 Å². The molecule has 4 nitrogen and oxygen atoms in total. The maximum Gasteiger partial charge on any atom is 0.309 e. The molecule has 1 saturated heterocycles. The number of carboxylic acids is 1. The van der Waals surface area contributed by atoms with Gasteiger partial charge in [-0.3, -0.25) is 4.79 Å². The van der Waals surface area contributed by atoms with E-state index in [0.717, 1.165) is 0 Å². The van der Waals surface area contributed by atoms with Gasteiger partial charge in [-0.25, -0.2) is 0 Å². The van der Waals surface area contributed by atoms with Crippen molar-refractivity contribution < 1.29 is 19.7 Å². The second-order valence-corrected chi connectivity index (χ2v) is 3.28. The Morgan fingerprint density at radius 3 is 2.42 bits per heavy atom. The van der Waals surface area contributed by atoms with E-state index < -0.39 is 17.5 Å². The van der Waals surface area contributed by atoms with Gasteiger partial charge in [0.2, 0.25) is 0 Å². The molecule has 1 heterocycles. The van der Waals surface area contributed by atoms with Crippen LogP contribution >= 0.6 is 0 Å². The van der Waals surface area contributed by atoms with Gasteiger partial charge in [-0.05, 0) is 6.92 Å². The van der Waals surface area contributed by atoms with E-state index in [-0.39, 0.29) is 0 Å². The fraction of sp³-hybridized carbons (Fsp3) is 0.875. The van der Waals surface area contributed by atoms with E-state index in [1.165, 1.54) is 6.92 Å². The van der Waals surface area contributed by atoms with E-state index in [2.05, 4.69) is 0 Å². The molecule has 0 aromatic carbocycles. The number of rotatable bonds is 2. The molecule has 0 aromatic rings. The number of aliphatic carboxylic acids is 1. The minimum Gasteiger partial charge on any atom is -0.481 e. The Hall–Kier alpha value is -0.610. The summed E-state index contributed by atoms with van der Waals surface area (Å²) in [4.78, 5) is 10.6. The first-order valence-corrected chi connectivity index (χ1v) is 4.09. The van der Waals surface area contributed by atoms with Gasteiger partial charge in [0.1, 0.15) is 0 Å². The van der Waals surface area contributed by atoms with Crippen LogP contribution in [0.5, 0.6) is 0 Å². The number of carbonyl (C=O) groups is 1. The predicted molar refractivity (Wildman–Crippen MR) is 41.8 cm³/mol. The van der Waals surface area contributed by atoms with Crippen LogP contribution in [0.15, 0.2) is 0 Å². The Balaban J connectivity index is 2.62. The normalized spacial score (nSPS) is 24.8. The van der Waals surface area contributed by atoms with Gasteiger partial charge >= 0.3 is 5.97 Å². The second kappa shape index (κ2) is 3.41. The highest BCUT2D eigenvalue weighted by atomic mass is 16.5. The molecule has 4 heteroatoms. The molecule has 70 valence electrons. The van der Waals surface area contributed by atoms with Gasteiger partial charge in [0.05, 0.1) is 11.5 Å². The van der Waals surface area contributed by atoms with Gasteiger partial charge in [0.25, 0.3) is 0 Å². The van der Waals surface area contributed by atoms with E-state index in [0.29, 0.717) is 26.1 Å². The van der Waals surface area contributed by atoms with Gasteiger partial charge in [-0.1, -0.05) is 0 Å². The minimum absolute atomic E-state index is 0.417. The van der Waals surface area contributed by atoms with Gasteiger partial charge < -0.3 is 14.9 Å². The monoisotopic (exact) mass is 174 g/mol. The molecular weight excluding hydrogens is 160 g/mol. The smallest absolute Gasteiger partial charge is 0.309 e. The highest BCUT2D eigenvalue weighted by molar-refractivity contribution is 5.71. The first kappa shape index (κ1) is 9.48. The molecule has 1 fully saturated rings. The Morgan fingerprint density at radius 2 is 2.00 bits per heavy atom. The first-order valence-electron chi connectivity index (χ1n) is 4.09. The maximum atomic E-state index is 10.6. The van der Waals surface area contributed by atoms with Gasteiger partial charge in [-0.15, -0.1) is 0 Å². The van der Waals surface area contributed by atoms with Crippen molar-refractivity contribution in [1.82, 2.24) is 0 Å². The van der Waals surface area contributed by atoms with Crippen LogP contribution in [0.25, 0.3) is 0 Å². The molecule has 1 aliphatic heterocycles. The molecule has 1 aliphatic rings. The summed E-state index contributed by atoms with van der Waals surface area (Å²) in [5.74, 6) is -1.65. The van der Waals surface area contributed by atoms with E-state index in [4.69, 9.17) is 9.84 Å². The predicted octanol–water partition coefficient (Wildman–Crippen LogP) is 0.249. The summed E-state index contributed by atoms with van der Waals surface area (Å²) in [6.07, 6.45) is 0.834. The standard InChI is InChI=1S/C8H14O4/c1-6(7(9)10)8(11)2-4-12-5-3-8/h6,11H,2-5H2,1H3,(H,9,10). The summed E-state index contributed by atoms with van der Waals surface area (Å²) in [7, 11) is 0. The number of aliphatic hydroxyl groups is 1. The van der Waals surface area contributed by atoms with E-state index in [1.807, 2.05) is 0 Å². The number of hydrogen-bond donors (Lipinski definition) is 2. The zero-order valence-electron chi connectivity index (χ0n) is 7.12. The fourth-order valence-corrected chi connectivity index (χ4v) is 1.39. The summed E-state index contributed by atoms with van der Waals surface area (Å²) in [6, 6.07) is 0. The third-order valence-electron chi connectivity index (χ3n) is 2.54. The lowest BCUT2D eigenvalue weighted by molar-refractivity contribution is -0.158. The number of carboxylic acid groups (broad SMARTS) is 1. The zero-order valence-corrected chi connectivity index (χ0v) is 7.12. The van der Waals surface area contributed by atoms with Gasteiger partial charge in [0, 0.05) is 26.1 Å². The Morgan fingerprint density at radius 1 is 1.50 bits per heavy atom. The highest BCUT2D eigenvalue weighted by Gasteiger charge is 2.39. The summed E-state index contributed by atoms with van der Waals surface area (Å²) in [5, 5.41) is 18.5. The van der Waals surface area contributed by atoms with Crippen molar-refractivity contribution >= 4 is 5.97 Å². The molecule has 0 aromatic heterocycles. The van der Waals surface area contributed by atoms with Crippen LogP contribution in [0.1, 0.15) is 19.8 Å². The molecule has 2 N–H and O–H groups in total. The van der Waals surface area contributed by atoms with Crippen molar-refractivity contribution in [3.8, 4) is 0 Å². The lowest BCUT2D eigenvalue weighted by atomic mass is 9.82. The highest BCUT2D eigenvalue weighted by Crippen LogP contribution is 2.28. The van der Waals surface area contributed by atoms with Crippen LogP contribution in [0.3, 0.4) is 0 Å². The first-order chi connectivity index (χ1) is 5.56. The third-order valence-corrected chi connectivity index (χ3v) is 2.54. The Labute approximate surface area is 71.2 Å². The summed E-state index contributed by atoms with van der Waals surface area (Å²) >= 11 is 0. The van der Waals surface area contributed by atoms with E-state index >= 15 is 0 Å². The van der Waals surface area contributed by atoms with Crippen molar-refractivity contribution in [2.75, 3.05) is 13.2 Å². The summed E-state index contributed by atoms with van der Waals surface area (Å²) in [5.41, 5.74) is -1.07. The topological polar surface area (TPSA) is 66.8 Å². The van der Waals surface area contributed by atoms with Crippen molar-refractivity contribution in [1.29, 1.82) is 0 Å². The maximum absolute atomic E-state index is 10.6. The van der Waals surface area contributed by atoms with E-state index in [9.17, 15) is 9.90 Å². The molecule has 1 atom stereocenters. The molecule has 0 bridgehead atoms. The van der Waals surface area contributed by atoms with Crippen LogP contribution in [0, 0.1) is 5.92 Å². The average Bonchev–Trinajstić information content (AvgIpc) is 2.04. The molecule has 1 rings (SSSR count). The fourth-order valence-electron chi connectivity index (χ4n) is 1.39. The summed E-state index contributed by atoms with van der Waals surface area (Å²) in [6.45, 7) is 2.44. The van der Waals surface area contributed by atoms with Crippen LogP contribution in [-0.4, -0.2) is 35.0 Å². The molecule has 0 aliphatic carbocycles. The van der Waals surface area contributed by atoms with Crippen molar-refractivity contribution in [3.05, 3.63) is 0 Å². The molecule has 12 heavy (non-hydrogen) atoms. The SMILES string of the molecule is CC(C(=O)O)C1(O)CCOCC1. The van der Waals surface area contributed by atoms with Crippen molar-refractivity contribution in [2.24, 2.45) is 5.92 Å². The third kappa shape index (κ3) is 1.76.